The third-order valence-electron chi connectivity index (χ3n) is 6.57. The van der Waals surface area contributed by atoms with E-state index in [1.807, 2.05) is 44.2 Å². The molecule has 1 aliphatic rings. The highest BCUT2D eigenvalue weighted by molar-refractivity contribution is 9.10. The Kier molecular flexibility index (Phi) is 8.99. The van der Waals surface area contributed by atoms with Gasteiger partial charge < -0.3 is 10.2 Å². The van der Waals surface area contributed by atoms with Crippen molar-refractivity contribution in [1.82, 2.24) is 10.2 Å². The Morgan fingerprint density at radius 2 is 1.77 bits per heavy atom. The number of halogens is 1. The standard InChI is InChI=1S/C26H34BrN3O4S/c1-18-12-13-24(14-19(18)2)30(35(4,33)34)17-25(31)29(16-21-8-7-9-22(27)15-21)20(3)26(32)28-23-10-5-6-11-23/h7-9,12-15,20,23H,5-6,10-11,16-17H2,1-4H3,(H,28,32). The van der Waals surface area contributed by atoms with Crippen LogP contribution in [0.1, 0.15) is 49.3 Å². The quantitative estimate of drug-likeness (QED) is 0.492. The lowest BCUT2D eigenvalue weighted by Crippen LogP contribution is -2.52. The number of carbonyl (C=O) groups is 2. The number of amides is 2. The molecule has 9 heteroatoms. The Morgan fingerprint density at radius 3 is 2.37 bits per heavy atom. The van der Waals surface area contributed by atoms with Crippen LogP contribution in [0.5, 0.6) is 0 Å². The zero-order valence-electron chi connectivity index (χ0n) is 20.8. The van der Waals surface area contributed by atoms with Gasteiger partial charge in [-0.25, -0.2) is 8.42 Å². The van der Waals surface area contributed by atoms with Crippen molar-refractivity contribution in [1.29, 1.82) is 0 Å². The predicted octanol–water partition coefficient (Wildman–Crippen LogP) is 4.31. The Bertz CT molecular complexity index is 1180. The molecule has 3 rings (SSSR count). The van der Waals surface area contributed by atoms with Crippen LogP contribution >= 0.6 is 15.9 Å². The van der Waals surface area contributed by atoms with Gasteiger partial charge in [-0.1, -0.05) is 47.0 Å². The molecule has 0 spiro atoms. The van der Waals surface area contributed by atoms with Crippen LogP contribution in [-0.2, 0) is 26.2 Å². The summed E-state index contributed by atoms with van der Waals surface area (Å²) in [6.07, 6.45) is 5.13. The van der Waals surface area contributed by atoms with Crippen LogP contribution in [0.2, 0.25) is 0 Å². The van der Waals surface area contributed by atoms with E-state index >= 15 is 0 Å². The number of carbonyl (C=O) groups excluding carboxylic acids is 2. The molecule has 190 valence electrons. The lowest BCUT2D eigenvalue weighted by atomic mass is 10.1. The first-order valence-corrected chi connectivity index (χ1v) is 14.5. The summed E-state index contributed by atoms with van der Waals surface area (Å²) in [7, 11) is -3.74. The topological polar surface area (TPSA) is 86.8 Å². The maximum absolute atomic E-state index is 13.6. The van der Waals surface area contributed by atoms with Crippen molar-refractivity contribution in [3.05, 3.63) is 63.6 Å². The second-order valence-electron chi connectivity index (χ2n) is 9.36. The first kappa shape index (κ1) is 27.2. The van der Waals surface area contributed by atoms with Crippen molar-refractivity contribution >= 4 is 43.5 Å². The van der Waals surface area contributed by atoms with Crippen molar-refractivity contribution in [3.63, 3.8) is 0 Å². The summed E-state index contributed by atoms with van der Waals surface area (Å²) >= 11 is 3.45. The van der Waals surface area contributed by atoms with Gasteiger partial charge in [0.15, 0.2) is 0 Å². The molecule has 2 amide bonds. The molecule has 0 aliphatic heterocycles. The molecule has 2 aromatic carbocycles. The minimum atomic E-state index is -3.74. The number of hydrogen-bond acceptors (Lipinski definition) is 4. The molecule has 1 saturated carbocycles. The van der Waals surface area contributed by atoms with Gasteiger partial charge in [-0.05, 0) is 74.6 Å². The molecular weight excluding hydrogens is 530 g/mol. The first-order chi connectivity index (χ1) is 16.5. The first-order valence-electron chi connectivity index (χ1n) is 11.8. The molecule has 1 unspecified atom stereocenters. The highest BCUT2D eigenvalue weighted by Gasteiger charge is 2.31. The van der Waals surface area contributed by atoms with Crippen LogP contribution in [0.3, 0.4) is 0 Å². The second-order valence-corrected chi connectivity index (χ2v) is 12.2. The van der Waals surface area contributed by atoms with Gasteiger partial charge in [-0.2, -0.15) is 0 Å². The molecule has 7 nitrogen and oxygen atoms in total. The molecule has 35 heavy (non-hydrogen) atoms. The number of aryl methyl sites for hydroxylation is 2. The normalized spacial score (nSPS) is 15.0. The number of sulfonamides is 1. The molecule has 0 aromatic heterocycles. The van der Waals surface area contributed by atoms with Gasteiger partial charge in [-0.15, -0.1) is 0 Å². The SMILES string of the molecule is Cc1ccc(N(CC(=O)N(Cc2cccc(Br)c2)C(C)C(=O)NC2CCCC2)S(C)(=O)=O)cc1C. The summed E-state index contributed by atoms with van der Waals surface area (Å²) in [6, 6.07) is 12.2. The highest BCUT2D eigenvalue weighted by Crippen LogP contribution is 2.23. The van der Waals surface area contributed by atoms with Crippen molar-refractivity contribution < 1.29 is 18.0 Å². The Labute approximate surface area is 217 Å². The summed E-state index contributed by atoms with van der Waals surface area (Å²) in [5.41, 5.74) is 3.22. The lowest BCUT2D eigenvalue weighted by Gasteiger charge is -2.32. The fourth-order valence-electron chi connectivity index (χ4n) is 4.30. The number of benzene rings is 2. The van der Waals surface area contributed by atoms with Crippen LogP contribution in [0, 0.1) is 13.8 Å². The van der Waals surface area contributed by atoms with Gasteiger partial charge >= 0.3 is 0 Å². The largest absolute Gasteiger partial charge is 0.352 e. The molecule has 0 bridgehead atoms. The average molecular weight is 565 g/mol. The van der Waals surface area contributed by atoms with Crippen LogP contribution in [0.25, 0.3) is 0 Å². The monoisotopic (exact) mass is 563 g/mol. The summed E-state index contributed by atoms with van der Waals surface area (Å²) in [4.78, 5) is 28.2. The van der Waals surface area contributed by atoms with E-state index in [4.69, 9.17) is 0 Å². The van der Waals surface area contributed by atoms with E-state index < -0.39 is 28.5 Å². The number of anilines is 1. The number of nitrogens with one attached hydrogen (secondary N) is 1. The van der Waals surface area contributed by atoms with Gasteiger partial charge in [0.05, 0.1) is 11.9 Å². The number of rotatable bonds is 9. The highest BCUT2D eigenvalue weighted by atomic mass is 79.9. The fraction of sp³-hybridized carbons (Fsp3) is 0.462. The number of nitrogens with zero attached hydrogens (tertiary/aromatic N) is 2. The molecule has 1 N–H and O–H groups in total. The summed E-state index contributed by atoms with van der Waals surface area (Å²) in [5, 5.41) is 3.07. The van der Waals surface area contributed by atoms with Crippen LogP contribution in [-0.4, -0.2) is 50.0 Å². The predicted molar refractivity (Wildman–Crippen MR) is 143 cm³/mol. The second kappa shape index (κ2) is 11.6. The average Bonchev–Trinajstić information content (AvgIpc) is 3.29. The molecule has 2 aromatic rings. The zero-order valence-corrected chi connectivity index (χ0v) is 23.2. The summed E-state index contributed by atoms with van der Waals surface area (Å²) in [6.45, 7) is 5.33. The molecule has 1 fully saturated rings. The van der Waals surface area contributed by atoms with Crippen LogP contribution in [0.4, 0.5) is 5.69 Å². The Morgan fingerprint density at radius 1 is 1.09 bits per heavy atom. The van der Waals surface area contributed by atoms with Gasteiger partial charge in [0.2, 0.25) is 21.8 Å². The molecule has 0 heterocycles. The van der Waals surface area contributed by atoms with Gasteiger partial charge in [0, 0.05) is 17.1 Å². The van der Waals surface area contributed by atoms with Gasteiger partial charge in [0.1, 0.15) is 12.6 Å². The number of hydrogen-bond donors (Lipinski definition) is 1. The summed E-state index contributed by atoms with van der Waals surface area (Å²) in [5.74, 6) is -0.667. The van der Waals surface area contributed by atoms with Crippen molar-refractivity contribution in [2.24, 2.45) is 0 Å². The Hall–Kier alpha value is -2.39. The van der Waals surface area contributed by atoms with E-state index in [0.717, 1.165) is 57.4 Å². The van der Waals surface area contributed by atoms with E-state index in [1.54, 1.807) is 19.1 Å². The van der Waals surface area contributed by atoms with E-state index in [-0.39, 0.29) is 18.5 Å². The smallest absolute Gasteiger partial charge is 0.244 e. The third kappa shape index (κ3) is 7.30. The molecular formula is C26H34BrN3O4S. The maximum atomic E-state index is 13.6. The maximum Gasteiger partial charge on any atom is 0.244 e. The zero-order chi connectivity index (χ0) is 25.8. The van der Waals surface area contributed by atoms with E-state index in [1.165, 1.54) is 4.90 Å². The van der Waals surface area contributed by atoms with Crippen LogP contribution < -0.4 is 9.62 Å². The van der Waals surface area contributed by atoms with Gasteiger partial charge in [0.25, 0.3) is 0 Å². The van der Waals surface area contributed by atoms with Crippen molar-refractivity contribution in [2.75, 3.05) is 17.1 Å². The molecule has 0 saturated heterocycles. The van der Waals surface area contributed by atoms with E-state index in [9.17, 15) is 18.0 Å². The molecule has 0 radical (unpaired) electrons. The summed E-state index contributed by atoms with van der Waals surface area (Å²) < 4.78 is 27.4. The van der Waals surface area contributed by atoms with E-state index in [2.05, 4.69) is 21.2 Å². The minimum absolute atomic E-state index is 0.121. The minimum Gasteiger partial charge on any atom is -0.352 e. The third-order valence-corrected chi connectivity index (χ3v) is 8.20. The fourth-order valence-corrected chi connectivity index (χ4v) is 5.59. The van der Waals surface area contributed by atoms with E-state index in [0.29, 0.717) is 5.69 Å². The van der Waals surface area contributed by atoms with Gasteiger partial charge in [-0.3, -0.25) is 13.9 Å². The lowest BCUT2D eigenvalue weighted by molar-refractivity contribution is -0.139. The van der Waals surface area contributed by atoms with Crippen LogP contribution in [0.15, 0.2) is 46.9 Å². The molecule has 1 atom stereocenters. The molecule has 1 aliphatic carbocycles. The van der Waals surface area contributed by atoms with Crippen molar-refractivity contribution in [2.45, 2.75) is 65.1 Å². The Balaban J connectivity index is 1.89. The van der Waals surface area contributed by atoms with Crippen molar-refractivity contribution in [3.8, 4) is 0 Å².